The van der Waals surface area contributed by atoms with Crippen molar-refractivity contribution >= 4 is 50.6 Å². The first-order chi connectivity index (χ1) is 20.6. The number of fused-ring (bicyclic) bond motifs is 4. The van der Waals surface area contributed by atoms with Crippen LogP contribution in [0.15, 0.2) is 119 Å². The fourth-order valence-electron chi connectivity index (χ4n) is 6.13. The average Bonchev–Trinajstić information content (AvgIpc) is 3.53. The molecule has 0 amide bonds. The fraction of sp³-hybridized carbons (Fsp3) is 0.237. The number of rotatable bonds is 4. The van der Waals surface area contributed by atoms with Crippen LogP contribution < -0.4 is 9.80 Å². The highest BCUT2D eigenvalue weighted by Gasteiger charge is 2.33. The third-order valence-corrected chi connectivity index (χ3v) is 9.39. The molecule has 0 atom stereocenters. The minimum Gasteiger partial charge on any atom is -0.347 e. The Labute approximate surface area is 259 Å². The van der Waals surface area contributed by atoms with Gasteiger partial charge in [-0.2, -0.15) is 0 Å². The zero-order valence-corrected chi connectivity index (χ0v) is 26.6. The highest BCUT2D eigenvalue weighted by atomic mass is 32.2. The molecule has 0 saturated heterocycles. The lowest BCUT2D eigenvalue weighted by atomic mass is 9.88. The number of hydrogen-bond acceptors (Lipinski definition) is 4. The molecule has 4 aromatic carbocycles. The van der Waals surface area contributed by atoms with E-state index in [0.717, 1.165) is 12.5 Å². The molecule has 0 saturated carbocycles. The zero-order chi connectivity index (χ0) is 29.9. The molecular formula is C38H38N4S. The van der Waals surface area contributed by atoms with E-state index in [1.165, 1.54) is 54.2 Å². The maximum Gasteiger partial charge on any atom is 0.137 e. The van der Waals surface area contributed by atoms with Gasteiger partial charge in [0.25, 0.3) is 0 Å². The molecule has 0 spiro atoms. The van der Waals surface area contributed by atoms with Crippen LogP contribution in [0.4, 0.5) is 17.1 Å². The number of aromatic nitrogens is 2. The second kappa shape index (κ2) is 10.2. The Hall–Kier alpha value is -4.22. The third kappa shape index (κ3) is 4.96. The zero-order valence-electron chi connectivity index (χ0n) is 25.8. The monoisotopic (exact) mass is 582 g/mol. The summed E-state index contributed by atoms with van der Waals surface area (Å²) in [5.74, 6) is 0.957. The molecule has 1 aliphatic rings. The van der Waals surface area contributed by atoms with Gasteiger partial charge in [0.1, 0.15) is 5.82 Å². The highest BCUT2D eigenvalue weighted by molar-refractivity contribution is 7.99. The summed E-state index contributed by atoms with van der Waals surface area (Å²) in [5, 5.41) is 2.49. The first-order valence-corrected chi connectivity index (χ1v) is 15.8. The van der Waals surface area contributed by atoms with E-state index in [-0.39, 0.29) is 11.0 Å². The molecule has 3 heterocycles. The van der Waals surface area contributed by atoms with Crippen molar-refractivity contribution in [2.75, 3.05) is 16.5 Å². The van der Waals surface area contributed by atoms with Crippen LogP contribution >= 0.6 is 11.8 Å². The lowest BCUT2D eigenvalue weighted by molar-refractivity contribution is 0.518. The van der Waals surface area contributed by atoms with Crippen LogP contribution in [0, 0.1) is 0 Å². The summed E-state index contributed by atoms with van der Waals surface area (Å²) in [7, 11) is 0. The molecular weight excluding hydrogens is 545 g/mol. The van der Waals surface area contributed by atoms with E-state index in [2.05, 4.69) is 159 Å². The standard InChI is InChI=1S/C38H38N4S/c1-37(2,3)26-20-21-39-36(22-26)42-32-15-8-7-14-30(32)31-19-18-29(24-35(31)42)43-28-13-11-12-27(23-28)40-25-41(38(4,5)6)34-17-10-9-16-33(34)40/h7-24H,25H2,1-6H3. The molecule has 43 heavy (non-hydrogen) atoms. The predicted molar refractivity (Wildman–Crippen MR) is 184 cm³/mol. The Morgan fingerprint density at radius 3 is 2.16 bits per heavy atom. The van der Waals surface area contributed by atoms with Gasteiger partial charge in [-0.15, -0.1) is 0 Å². The van der Waals surface area contributed by atoms with E-state index < -0.39 is 0 Å². The molecule has 0 N–H and O–H groups in total. The van der Waals surface area contributed by atoms with Gasteiger partial charge >= 0.3 is 0 Å². The molecule has 0 unspecified atom stereocenters. The number of pyridine rings is 1. The van der Waals surface area contributed by atoms with E-state index in [0.29, 0.717) is 0 Å². The topological polar surface area (TPSA) is 24.3 Å². The van der Waals surface area contributed by atoms with Gasteiger partial charge in [0.05, 0.1) is 29.1 Å². The van der Waals surface area contributed by atoms with E-state index >= 15 is 0 Å². The van der Waals surface area contributed by atoms with Crippen LogP contribution in [0.2, 0.25) is 0 Å². The molecule has 7 rings (SSSR count). The highest BCUT2D eigenvalue weighted by Crippen LogP contribution is 2.44. The number of anilines is 3. The van der Waals surface area contributed by atoms with Gasteiger partial charge in [-0.3, -0.25) is 4.57 Å². The fourth-order valence-corrected chi connectivity index (χ4v) is 7.03. The third-order valence-electron chi connectivity index (χ3n) is 8.41. The van der Waals surface area contributed by atoms with Crippen molar-refractivity contribution in [3.05, 3.63) is 115 Å². The molecule has 0 radical (unpaired) electrons. The van der Waals surface area contributed by atoms with Crippen LogP contribution in [0.1, 0.15) is 47.1 Å². The summed E-state index contributed by atoms with van der Waals surface area (Å²) < 4.78 is 2.32. The normalized spacial score (nSPS) is 13.7. The molecule has 216 valence electrons. The lowest BCUT2D eigenvalue weighted by Crippen LogP contribution is -2.42. The van der Waals surface area contributed by atoms with Crippen molar-refractivity contribution in [2.24, 2.45) is 0 Å². The maximum absolute atomic E-state index is 4.85. The quantitative estimate of drug-likeness (QED) is 0.206. The smallest absolute Gasteiger partial charge is 0.137 e. The molecule has 5 heteroatoms. The molecule has 0 bridgehead atoms. The van der Waals surface area contributed by atoms with Gasteiger partial charge < -0.3 is 9.80 Å². The minimum absolute atomic E-state index is 0.0341. The second-order valence-electron chi connectivity index (χ2n) is 13.4. The van der Waals surface area contributed by atoms with Crippen molar-refractivity contribution in [3.8, 4) is 5.82 Å². The van der Waals surface area contributed by atoms with Gasteiger partial charge in [-0.1, -0.05) is 75.0 Å². The molecule has 0 aliphatic carbocycles. The summed E-state index contributed by atoms with van der Waals surface area (Å²) in [6.45, 7) is 14.4. The summed E-state index contributed by atoms with van der Waals surface area (Å²) in [6, 6.07) is 37.5. The van der Waals surface area contributed by atoms with Crippen molar-refractivity contribution in [2.45, 2.75) is 62.3 Å². The van der Waals surface area contributed by atoms with Crippen molar-refractivity contribution < 1.29 is 0 Å². The van der Waals surface area contributed by atoms with E-state index in [4.69, 9.17) is 4.98 Å². The van der Waals surface area contributed by atoms with Gasteiger partial charge in [-0.25, -0.2) is 4.98 Å². The first kappa shape index (κ1) is 27.6. The molecule has 0 fully saturated rings. The van der Waals surface area contributed by atoms with Gasteiger partial charge in [0.15, 0.2) is 0 Å². The predicted octanol–water partition coefficient (Wildman–Crippen LogP) is 10.3. The Morgan fingerprint density at radius 1 is 0.651 bits per heavy atom. The maximum atomic E-state index is 4.85. The van der Waals surface area contributed by atoms with Gasteiger partial charge in [0, 0.05) is 38.0 Å². The Bertz CT molecular complexity index is 1970. The van der Waals surface area contributed by atoms with Crippen LogP contribution in [-0.2, 0) is 5.41 Å². The largest absolute Gasteiger partial charge is 0.347 e. The van der Waals surface area contributed by atoms with Crippen LogP contribution in [0.3, 0.4) is 0 Å². The minimum atomic E-state index is 0.0341. The first-order valence-electron chi connectivity index (χ1n) is 15.0. The molecule has 6 aromatic rings. The van der Waals surface area contributed by atoms with E-state index in [1.54, 1.807) is 0 Å². The summed E-state index contributed by atoms with van der Waals surface area (Å²) in [4.78, 5) is 12.2. The van der Waals surface area contributed by atoms with Crippen molar-refractivity contribution in [1.82, 2.24) is 9.55 Å². The van der Waals surface area contributed by atoms with Gasteiger partial charge in [-0.05, 0) is 92.4 Å². The number of nitrogens with zero attached hydrogens (tertiary/aromatic N) is 4. The van der Waals surface area contributed by atoms with Crippen LogP contribution in [0.25, 0.3) is 27.6 Å². The van der Waals surface area contributed by atoms with Crippen molar-refractivity contribution in [3.63, 3.8) is 0 Å². The Balaban J connectivity index is 1.28. The number of para-hydroxylation sites is 3. The summed E-state index contributed by atoms with van der Waals surface area (Å²) >= 11 is 1.81. The summed E-state index contributed by atoms with van der Waals surface area (Å²) in [6.07, 6.45) is 1.94. The average molecular weight is 583 g/mol. The Kier molecular flexibility index (Phi) is 6.55. The lowest BCUT2D eigenvalue weighted by Gasteiger charge is -2.34. The van der Waals surface area contributed by atoms with E-state index in [9.17, 15) is 0 Å². The molecule has 4 nitrogen and oxygen atoms in total. The van der Waals surface area contributed by atoms with E-state index in [1.807, 2.05) is 18.0 Å². The van der Waals surface area contributed by atoms with Crippen molar-refractivity contribution in [1.29, 1.82) is 0 Å². The van der Waals surface area contributed by atoms with Gasteiger partial charge in [0.2, 0.25) is 0 Å². The Morgan fingerprint density at radius 2 is 1.37 bits per heavy atom. The van der Waals surface area contributed by atoms with Crippen LogP contribution in [-0.4, -0.2) is 21.8 Å². The molecule has 1 aliphatic heterocycles. The second-order valence-corrected chi connectivity index (χ2v) is 14.6. The summed E-state index contributed by atoms with van der Waals surface area (Å²) in [5.41, 5.74) is 7.47. The number of hydrogen-bond donors (Lipinski definition) is 0. The SMILES string of the molecule is CC(C)(C)c1ccnc(-n2c3ccccc3c3ccc(Sc4cccc(N5CN(C(C)(C)C)c6ccccc65)c4)cc32)c1. The number of benzene rings is 4. The van der Waals surface area contributed by atoms with Crippen LogP contribution in [0.5, 0.6) is 0 Å². The molecule has 2 aromatic heterocycles.